The molecule has 0 unspecified atom stereocenters. The lowest BCUT2D eigenvalue weighted by atomic mass is 9.78. The molecule has 0 aliphatic heterocycles. The van der Waals surface area contributed by atoms with Gasteiger partial charge in [0, 0.05) is 22.4 Å². The van der Waals surface area contributed by atoms with Crippen LogP contribution in [0.5, 0.6) is 0 Å². The van der Waals surface area contributed by atoms with E-state index < -0.39 is 0 Å². The Morgan fingerprint density at radius 1 is 1.00 bits per heavy atom. The normalized spacial score (nSPS) is 18.7. The van der Waals surface area contributed by atoms with Crippen LogP contribution in [0.1, 0.15) is 33.6 Å². The maximum absolute atomic E-state index is 12.3. The van der Waals surface area contributed by atoms with Gasteiger partial charge in [0.05, 0.1) is 5.57 Å². The van der Waals surface area contributed by atoms with Crippen LogP contribution in [-0.2, 0) is 0 Å². The molecule has 0 spiro atoms. The number of carbonyl (C=O) groups excluding carboxylic acids is 2. The standard InChI is InChI=1S/C14H11NO2/c15-11-7-3-6-10-12(11)14(17)9-5-2-1-4-8(9)13(10)16/h1-2,4-6H,3,7,15H2. The lowest BCUT2D eigenvalue weighted by molar-refractivity contribution is 0.0970. The first-order valence-corrected chi connectivity index (χ1v) is 5.57. The molecule has 0 amide bonds. The molecule has 17 heavy (non-hydrogen) atoms. The van der Waals surface area contributed by atoms with Gasteiger partial charge in [0.1, 0.15) is 0 Å². The Labute approximate surface area is 98.6 Å². The number of carbonyl (C=O) groups is 2. The molecule has 3 rings (SSSR count). The van der Waals surface area contributed by atoms with Gasteiger partial charge in [-0.2, -0.15) is 0 Å². The monoisotopic (exact) mass is 225 g/mol. The van der Waals surface area contributed by atoms with Crippen molar-refractivity contribution < 1.29 is 9.59 Å². The summed E-state index contributed by atoms with van der Waals surface area (Å²) in [5.74, 6) is -0.207. The van der Waals surface area contributed by atoms with E-state index in [0.29, 0.717) is 34.4 Å². The lowest BCUT2D eigenvalue weighted by Crippen LogP contribution is -2.27. The van der Waals surface area contributed by atoms with Crippen molar-refractivity contribution in [1.29, 1.82) is 0 Å². The number of allylic oxidation sites excluding steroid dienone is 4. The third kappa shape index (κ3) is 1.29. The molecule has 0 bridgehead atoms. The second-order valence-corrected chi connectivity index (χ2v) is 4.26. The average molecular weight is 225 g/mol. The number of fused-ring (bicyclic) bond motifs is 2. The zero-order chi connectivity index (χ0) is 12.0. The van der Waals surface area contributed by atoms with E-state index >= 15 is 0 Å². The molecule has 1 aromatic rings. The van der Waals surface area contributed by atoms with Crippen molar-refractivity contribution in [3.05, 3.63) is 58.3 Å². The fourth-order valence-electron chi connectivity index (χ4n) is 2.41. The summed E-state index contributed by atoms with van der Waals surface area (Å²) in [7, 11) is 0. The predicted molar refractivity (Wildman–Crippen MR) is 63.6 cm³/mol. The minimum absolute atomic E-state index is 0.0853. The Bertz CT molecular complexity index is 608. The highest BCUT2D eigenvalue weighted by Crippen LogP contribution is 2.34. The van der Waals surface area contributed by atoms with Crippen LogP contribution in [0.4, 0.5) is 0 Å². The number of benzene rings is 1. The van der Waals surface area contributed by atoms with E-state index in [9.17, 15) is 9.59 Å². The minimum Gasteiger partial charge on any atom is -0.401 e. The van der Waals surface area contributed by atoms with E-state index in [1.54, 1.807) is 24.3 Å². The first-order valence-electron chi connectivity index (χ1n) is 5.57. The maximum atomic E-state index is 12.3. The Kier molecular flexibility index (Phi) is 2.01. The molecule has 0 aromatic heterocycles. The highest BCUT2D eigenvalue weighted by atomic mass is 16.1. The van der Waals surface area contributed by atoms with Gasteiger partial charge in [-0.3, -0.25) is 9.59 Å². The zero-order valence-corrected chi connectivity index (χ0v) is 9.19. The van der Waals surface area contributed by atoms with Gasteiger partial charge in [-0.1, -0.05) is 30.3 Å². The SMILES string of the molecule is NC1=C2C(=O)c3ccccc3C(=O)C2=CCC1. The third-order valence-corrected chi connectivity index (χ3v) is 3.24. The van der Waals surface area contributed by atoms with E-state index in [2.05, 4.69) is 0 Å². The number of ketones is 2. The number of hydrogen-bond donors (Lipinski definition) is 1. The topological polar surface area (TPSA) is 60.2 Å². The molecule has 0 fully saturated rings. The number of Topliss-reactive ketones (excluding diaryl/α,β-unsaturated/α-hetero) is 2. The molecule has 3 nitrogen and oxygen atoms in total. The fourth-order valence-corrected chi connectivity index (χ4v) is 2.41. The summed E-state index contributed by atoms with van der Waals surface area (Å²) in [4.78, 5) is 24.5. The highest BCUT2D eigenvalue weighted by molar-refractivity contribution is 6.31. The van der Waals surface area contributed by atoms with Crippen molar-refractivity contribution in [2.75, 3.05) is 0 Å². The van der Waals surface area contributed by atoms with E-state index in [-0.39, 0.29) is 11.6 Å². The Morgan fingerprint density at radius 3 is 2.35 bits per heavy atom. The van der Waals surface area contributed by atoms with Crippen LogP contribution in [0.3, 0.4) is 0 Å². The van der Waals surface area contributed by atoms with Crippen LogP contribution < -0.4 is 5.73 Å². The van der Waals surface area contributed by atoms with Crippen LogP contribution in [0.15, 0.2) is 47.2 Å². The molecule has 84 valence electrons. The first-order chi connectivity index (χ1) is 8.20. The predicted octanol–water partition coefficient (Wildman–Crippen LogP) is 2.00. The average Bonchev–Trinajstić information content (AvgIpc) is 2.36. The quantitative estimate of drug-likeness (QED) is 0.734. The zero-order valence-electron chi connectivity index (χ0n) is 9.19. The van der Waals surface area contributed by atoms with Crippen LogP contribution in [0, 0.1) is 0 Å². The van der Waals surface area contributed by atoms with Crippen molar-refractivity contribution in [2.24, 2.45) is 5.73 Å². The van der Waals surface area contributed by atoms with Crippen molar-refractivity contribution >= 4 is 11.6 Å². The molecular formula is C14H11NO2. The Morgan fingerprint density at radius 2 is 1.65 bits per heavy atom. The van der Waals surface area contributed by atoms with Gasteiger partial charge in [0.15, 0.2) is 11.6 Å². The van der Waals surface area contributed by atoms with E-state index in [4.69, 9.17) is 5.73 Å². The van der Waals surface area contributed by atoms with Crippen molar-refractivity contribution in [3.63, 3.8) is 0 Å². The third-order valence-electron chi connectivity index (χ3n) is 3.24. The second-order valence-electron chi connectivity index (χ2n) is 4.26. The largest absolute Gasteiger partial charge is 0.401 e. The van der Waals surface area contributed by atoms with Crippen LogP contribution >= 0.6 is 0 Å². The van der Waals surface area contributed by atoms with Crippen molar-refractivity contribution in [1.82, 2.24) is 0 Å². The van der Waals surface area contributed by atoms with Gasteiger partial charge in [-0.25, -0.2) is 0 Å². The van der Waals surface area contributed by atoms with E-state index in [1.165, 1.54) is 0 Å². The molecule has 2 N–H and O–H groups in total. The van der Waals surface area contributed by atoms with Gasteiger partial charge in [-0.05, 0) is 12.8 Å². The number of rotatable bonds is 0. The summed E-state index contributed by atoms with van der Waals surface area (Å²) in [5, 5.41) is 0. The highest BCUT2D eigenvalue weighted by Gasteiger charge is 2.34. The van der Waals surface area contributed by atoms with Gasteiger partial charge in [0.2, 0.25) is 0 Å². The van der Waals surface area contributed by atoms with Crippen LogP contribution in [-0.4, -0.2) is 11.6 Å². The van der Waals surface area contributed by atoms with Crippen molar-refractivity contribution in [3.8, 4) is 0 Å². The molecular weight excluding hydrogens is 214 g/mol. The van der Waals surface area contributed by atoms with E-state index in [1.807, 2.05) is 6.08 Å². The second kappa shape index (κ2) is 3.42. The van der Waals surface area contributed by atoms with Gasteiger partial charge in [-0.15, -0.1) is 0 Å². The smallest absolute Gasteiger partial charge is 0.196 e. The number of hydrogen-bond acceptors (Lipinski definition) is 3. The minimum atomic E-state index is -0.122. The Hall–Kier alpha value is -2.16. The summed E-state index contributed by atoms with van der Waals surface area (Å²) >= 11 is 0. The van der Waals surface area contributed by atoms with E-state index in [0.717, 1.165) is 6.42 Å². The molecule has 2 aliphatic rings. The van der Waals surface area contributed by atoms with Crippen molar-refractivity contribution in [2.45, 2.75) is 12.8 Å². The Balaban J connectivity index is 2.32. The van der Waals surface area contributed by atoms with Gasteiger partial charge < -0.3 is 5.73 Å². The van der Waals surface area contributed by atoms with Crippen LogP contribution in [0.25, 0.3) is 0 Å². The lowest BCUT2D eigenvalue weighted by Gasteiger charge is -2.23. The first kappa shape index (κ1) is 10.0. The fraction of sp³-hybridized carbons (Fsp3) is 0.143. The molecule has 0 saturated heterocycles. The summed E-state index contributed by atoms with van der Waals surface area (Å²) in [6, 6.07) is 6.91. The van der Waals surface area contributed by atoms with Gasteiger partial charge in [0.25, 0.3) is 0 Å². The summed E-state index contributed by atoms with van der Waals surface area (Å²) in [6.45, 7) is 0. The molecule has 0 saturated carbocycles. The molecule has 0 radical (unpaired) electrons. The molecule has 2 aliphatic carbocycles. The summed E-state index contributed by atoms with van der Waals surface area (Å²) in [6.07, 6.45) is 3.20. The summed E-state index contributed by atoms with van der Waals surface area (Å²) < 4.78 is 0. The molecule has 3 heteroatoms. The van der Waals surface area contributed by atoms with Crippen LogP contribution in [0.2, 0.25) is 0 Å². The maximum Gasteiger partial charge on any atom is 0.196 e. The molecule has 1 aromatic carbocycles. The summed E-state index contributed by atoms with van der Waals surface area (Å²) in [5.41, 5.74) is 8.26. The number of nitrogens with two attached hydrogens (primary N) is 1. The van der Waals surface area contributed by atoms with Gasteiger partial charge >= 0.3 is 0 Å². The molecule has 0 heterocycles. The molecule has 0 atom stereocenters.